The molecule has 45 heavy (non-hydrogen) atoms. The van der Waals surface area contributed by atoms with Crippen molar-refractivity contribution in [2.45, 2.75) is 25.9 Å². The van der Waals surface area contributed by atoms with Crippen LogP contribution in [0.3, 0.4) is 0 Å². The predicted octanol–water partition coefficient (Wildman–Crippen LogP) is 3.78. The summed E-state index contributed by atoms with van der Waals surface area (Å²) in [6.45, 7) is 3.35. The summed E-state index contributed by atoms with van der Waals surface area (Å²) in [4.78, 5) is 25.8. The first-order valence-electron chi connectivity index (χ1n) is 14.5. The molecule has 213 valence electrons. The lowest BCUT2D eigenvalue weighted by molar-refractivity contribution is -0.138. The van der Waals surface area contributed by atoms with Crippen LogP contribution in [-0.2, 0) is 19.8 Å². The van der Waals surface area contributed by atoms with E-state index in [4.69, 9.17) is 34.3 Å². The maximum Gasteiger partial charge on any atom is 0.348 e. The van der Waals surface area contributed by atoms with E-state index >= 15 is 0 Å². The molecule has 0 N–H and O–H groups in total. The molecule has 2 aliphatic heterocycles. The van der Waals surface area contributed by atoms with Crippen molar-refractivity contribution in [3.63, 3.8) is 0 Å². The van der Waals surface area contributed by atoms with Crippen LogP contribution in [0.25, 0.3) is 6.08 Å². The fourth-order valence-corrected chi connectivity index (χ4v) is 5.59. The van der Waals surface area contributed by atoms with Gasteiger partial charge in [-0.1, -0.05) is 66.5 Å². The van der Waals surface area contributed by atoms with Crippen LogP contribution in [0.2, 0.25) is 0 Å². The van der Waals surface area contributed by atoms with E-state index in [2.05, 4.69) is 6.07 Å². The highest BCUT2D eigenvalue weighted by molar-refractivity contribution is 7.35. The molecule has 0 aromatic heterocycles. The highest BCUT2D eigenvalue weighted by atomic mass is 16.5. The van der Waals surface area contributed by atoms with Crippen molar-refractivity contribution in [3.05, 3.63) is 118 Å². The predicted molar refractivity (Wildman–Crippen MR) is 174 cm³/mol. The van der Waals surface area contributed by atoms with E-state index in [1.165, 1.54) is 6.08 Å². The molecule has 0 aliphatic carbocycles. The fraction of sp³-hybridized carbons (Fsp3) is 0.147. The van der Waals surface area contributed by atoms with E-state index in [9.17, 15) is 14.9 Å². The van der Waals surface area contributed by atoms with Gasteiger partial charge in [0.15, 0.2) is 0 Å². The van der Waals surface area contributed by atoms with Crippen LogP contribution in [0.5, 0.6) is 17.2 Å². The van der Waals surface area contributed by atoms with Crippen LogP contribution < -0.4 is 20.4 Å². The summed E-state index contributed by atoms with van der Waals surface area (Å²) in [6, 6.07) is 25.2. The molecule has 2 aliphatic rings. The number of fused-ring (bicyclic) bond motifs is 6. The Labute approximate surface area is 265 Å². The fourth-order valence-electron chi connectivity index (χ4n) is 5.59. The number of aryl methyl sites for hydroxylation is 1. The van der Waals surface area contributed by atoms with Gasteiger partial charge in [0.25, 0.3) is 0 Å². The van der Waals surface area contributed by atoms with Crippen molar-refractivity contribution >= 4 is 58.4 Å². The first kappa shape index (κ1) is 30.1. The molecule has 6 rings (SSSR count). The van der Waals surface area contributed by atoms with E-state index in [-0.39, 0.29) is 23.5 Å². The van der Waals surface area contributed by atoms with Gasteiger partial charge >= 0.3 is 19.4 Å². The van der Waals surface area contributed by atoms with Crippen LogP contribution in [0.15, 0.2) is 84.4 Å². The zero-order chi connectivity index (χ0) is 31.7. The van der Waals surface area contributed by atoms with E-state index in [1.54, 1.807) is 49.9 Å². The molecule has 5 radical (unpaired) electrons. The molecule has 0 saturated heterocycles. The number of rotatable bonds is 7. The van der Waals surface area contributed by atoms with Crippen molar-refractivity contribution in [2.75, 3.05) is 6.61 Å². The Bertz CT molecular complexity index is 1920. The normalized spacial score (nSPS) is 15.9. The standard InChI is InChI=1S/C34H24B4NO6/c1-3-14-42-32(40)22(19-39)16-21-6-4-5-7-25(21)33(41)43-24-10-13-28-31(18-24)44-30-17-23(38(35)36)9-12-27(30)34(28)26-11-8-20(2)15-29(26)37-45-34/h4-13,15-18H,3,14H2,1-2H3/b22-16+. The Balaban J connectivity index is 1.37. The number of esters is 2. The average molecular weight is 586 g/mol. The number of ether oxygens (including phenoxy) is 3. The lowest BCUT2D eigenvalue weighted by atomic mass is 9.17. The molecular formula is C34H24B4NO6. The Morgan fingerprint density at radius 1 is 1.00 bits per heavy atom. The lowest BCUT2D eigenvalue weighted by Gasteiger charge is -2.38. The van der Waals surface area contributed by atoms with Gasteiger partial charge in [0.05, 0.1) is 18.7 Å². The van der Waals surface area contributed by atoms with E-state index in [0.29, 0.717) is 28.9 Å². The minimum absolute atomic E-state index is 0.161. The van der Waals surface area contributed by atoms with Crippen LogP contribution in [-0.4, -0.2) is 48.0 Å². The van der Waals surface area contributed by atoms with Crippen LogP contribution in [0, 0.1) is 18.3 Å². The quantitative estimate of drug-likeness (QED) is 0.107. The number of carbonyl (C=O) groups excluding carboxylic acids is 2. The number of carbonyl (C=O) groups is 2. The molecule has 0 bridgehead atoms. The Kier molecular flexibility index (Phi) is 8.18. The minimum atomic E-state index is -1.01. The monoisotopic (exact) mass is 586 g/mol. The molecule has 1 unspecified atom stereocenters. The molecule has 4 aromatic rings. The second kappa shape index (κ2) is 12.2. The van der Waals surface area contributed by atoms with Crippen molar-refractivity contribution < 1.29 is 28.5 Å². The Morgan fingerprint density at radius 3 is 2.49 bits per heavy atom. The van der Waals surface area contributed by atoms with E-state index in [1.807, 2.05) is 50.2 Å². The topological polar surface area (TPSA) is 94.9 Å². The van der Waals surface area contributed by atoms with E-state index in [0.717, 1.165) is 27.7 Å². The van der Waals surface area contributed by atoms with E-state index < -0.39 is 24.0 Å². The maximum atomic E-state index is 13.4. The maximum absolute atomic E-state index is 13.4. The molecule has 7 nitrogen and oxygen atoms in total. The number of nitrogens with zero attached hydrogens (tertiary/aromatic N) is 1. The number of benzene rings is 4. The van der Waals surface area contributed by atoms with Gasteiger partial charge in [0.2, 0.25) is 0 Å². The molecule has 11 heteroatoms. The summed E-state index contributed by atoms with van der Waals surface area (Å²) >= 11 is 0. The third-order valence-corrected chi connectivity index (χ3v) is 7.74. The summed E-state index contributed by atoms with van der Waals surface area (Å²) < 4.78 is 23.8. The van der Waals surface area contributed by atoms with Gasteiger partial charge in [-0.2, -0.15) is 5.26 Å². The largest absolute Gasteiger partial charge is 0.462 e. The smallest absolute Gasteiger partial charge is 0.348 e. The first-order valence-corrected chi connectivity index (χ1v) is 14.5. The van der Waals surface area contributed by atoms with Crippen LogP contribution in [0.1, 0.15) is 51.5 Å². The van der Waals surface area contributed by atoms with Gasteiger partial charge in [-0.25, -0.2) is 9.59 Å². The molecule has 0 fully saturated rings. The molecule has 0 saturated carbocycles. The highest BCUT2D eigenvalue weighted by Crippen LogP contribution is 2.53. The van der Waals surface area contributed by atoms with Crippen LogP contribution in [0.4, 0.5) is 0 Å². The summed E-state index contributed by atoms with van der Waals surface area (Å²) in [6.07, 6.45) is 1.93. The second-order valence-electron chi connectivity index (χ2n) is 10.8. The summed E-state index contributed by atoms with van der Waals surface area (Å²) in [5.74, 6) is -0.284. The highest BCUT2D eigenvalue weighted by Gasteiger charge is 2.49. The third kappa shape index (κ3) is 5.47. The van der Waals surface area contributed by atoms with Crippen molar-refractivity contribution in [1.82, 2.24) is 0 Å². The zero-order valence-electron chi connectivity index (χ0n) is 24.7. The number of nitriles is 1. The Hall–Kier alpha value is -4.93. The summed E-state index contributed by atoms with van der Waals surface area (Å²) in [5, 5.41) is 9.54. The Morgan fingerprint density at radius 2 is 1.73 bits per heavy atom. The van der Waals surface area contributed by atoms with Gasteiger partial charge in [-0.3, -0.25) is 0 Å². The molecule has 1 atom stereocenters. The molecule has 1 spiro atoms. The first-order chi connectivity index (χ1) is 21.7. The molecule has 4 aromatic carbocycles. The van der Waals surface area contributed by atoms with Gasteiger partial charge in [0, 0.05) is 32.7 Å². The van der Waals surface area contributed by atoms with Gasteiger partial charge < -0.3 is 18.9 Å². The van der Waals surface area contributed by atoms with Crippen molar-refractivity contribution in [1.29, 1.82) is 5.26 Å². The van der Waals surface area contributed by atoms with Crippen LogP contribution >= 0.6 is 0 Å². The molecule has 2 heterocycles. The SMILES string of the molecule is [B]B([B])c1ccc2c(c1)Oc1cc(OC(=O)c3ccccc3/C=C(\C#N)C(=O)OCCC)ccc1C21O[B]c2cc(C)ccc21. The summed E-state index contributed by atoms with van der Waals surface area (Å²) in [5.41, 5.74) is 4.44. The third-order valence-electron chi connectivity index (χ3n) is 7.74. The number of hydrogen-bond acceptors (Lipinski definition) is 7. The number of hydrogen-bond donors (Lipinski definition) is 0. The minimum Gasteiger partial charge on any atom is -0.462 e. The molecule has 0 amide bonds. The zero-order valence-corrected chi connectivity index (χ0v) is 24.7. The van der Waals surface area contributed by atoms with Gasteiger partial charge in [-0.15, -0.1) is 0 Å². The van der Waals surface area contributed by atoms with Gasteiger partial charge in [0.1, 0.15) is 34.5 Å². The lowest BCUT2D eigenvalue weighted by Crippen LogP contribution is -2.36. The van der Waals surface area contributed by atoms with Crippen molar-refractivity contribution in [2.24, 2.45) is 0 Å². The van der Waals surface area contributed by atoms with Crippen molar-refractivity contribution in [3.8, 4) is 23.3 Å². The molecular weight excluding hydrogens is 562 g/mol. The second-order valence-corrected chi connectivity index (χ2v) is 10.8. The summed E-state index contributed by atoms with van der Waals surface area (Å²) in [7, 11) is 13.7. The van der Waals surface area contributed by atoms with Gasteiger partial charge in [-0.05, 0) is 60.3 Å². The average Bonchev–Trinajstić information content (AvgIpc) is 3.40.